The third-order valence-electron chi connectivity index (χ3n) is 13.9. The van der Waals surface area contributed by atoms with Gasteiger partial charge in [-0.05, 0) is 135 Å². The van der Waals surface area contributed by atoms with Gasteiger partial charge in [-0.25, -0.2) is 0 Å². The Bertz CT molecular complexity index is 1640. The quantitative estimate of drug-likeness (QED) is 0.0261. The SMILES string of the molecule is CC/C=C\C/C=C\C/C=C\C/C=C\C/C=C\C/C=C\C/C=C\C/C=C\CCCCC(=O)OCC(COC(=O)CCCCCCC/C=C\CCCCCCCCC)OC(=O)CCCCCCCCC/C=C\CCCCCCCCC. The van der Waals surface area contributed by atoms with E-state index in [4.69, 9.17) is 14.2 Å². The lowest BCUT2D eigenvalue weighted by Gasteiger charge is -2.18. The molecular formula is C73H122O6. The highest BCUT2D eigenvalue weighted by molar-refractivity contribution is 5.71. The number of carbonyl (C=O) groups is 3. The van der Waals surface area contributed by atoms with Gasteiger partial charge in [-0.15, -0.1) is 0 Å². The molecule has 0 saturated heterocycles. The summed E-state index contributed by atoms with van der Waals surface area (Å²) < 4.78 is 16.9. The highest BCUT2D eigenvalue weighted by Gasteiger charge is 2.19. The predicted molar refractivity (Wildman–Crippen MR) is 343 cm³/mol. The van der Waals surface area contributed by atoms with Crippen molar-refractivity contribution < 1.29 is 28.6 Å². The topological polar surface area (TPSA) is 78.9 Å². The van der Waals surface area contributed by atoms with Gasteiger partial charge in [-0.3, -0.25) is 14.4 Å². The molecule has 0 aliphatic heterocycles. The van der Waals surface area contributed by atoms with Crippen LogP contribution in [0.15, 0.2) is 122 Å². The second-order valence-corrected chi connectivity index (χ2v) is 21.6. The number of rotatable bonds is 59. The Balaban J connectivity index is 4.47. The zero-order chi connectivity index (χ0) is 57.1. The Morgan fingerprint density at radius 1 is 0.266 bits per heavy atom. The molecule has 0 aliphatic rings. The van der Waals surface area contributed by atoms with Crippen LogP contribution in [0.25, 0.3) is 0 Å². The van der Waals surface area contributed by atoms with Gasteiger partial charge in [-0.1, -0.05) is 271 Å². The average molecular weight is 1100 g/mol. The standard InChI is InChI=1S/C73H122O6/c1-4-7-10-13-16-19-22-25-28-31-33-34-35-36-37-38-39-40-41-43-45-48-51-54-57-60-63-66-72(75)78-69-70(68-77-71(74)65-62-59-56-53-50-47-44-30-27-24-21-18-15-12-9-6-3)79-73(76)67-64-61-58-55-52-49-46-42-32-29-26-23-20-17-14-11-8-5-2/h7,10,16,19,25,28-30,32-34,36-37,39-40,43-45,51,54,70H,4-6,8-9,11-15,17-18,20-24,26-27,31,35,38,41-42,46-50,52-53,55-69H2,1-3H3/b10-7-,19-16-,28-25-,32-29-,34-33-,37-36-,40-39-,44-30-,45-43-,54-51-. The monoisotopic (exact) mass is 1090 g/mol. The number of carbonyl (C=O) groups excluding carboxylic acids is 3. The van der Waals surface area contributed by atoms with Crippen molar-refractivity contribution in [3.05, 3.63) is 122 Å². The molecular weight excluding hydrogens is 973 g/mol. The second kappa shape index (κ2) is 66.3. The van der Waals surface area contributed by atoms with Crippen molar-refractivity contribution in [1.82, 2.24) is 0 Å². The number of unbranched alkanes of at least 4 members (excludes halogenated alkanes) is 28. The highest BCUT2D eigenvalue weighted by Crippen LogP contribution is 2.15. The van der Waals surface area contributed by atoms with Crippen LogP contribution in [-0.2, 0) is 28.6 Å². The molecule has 6 heteroatoms. The van der Waals surface area contributed by atoms with Crippen LogP contribution >= 0.6 is 0 Å². The number of ether oxygens (including phenoxy) is 3. The Morgan fingerprint density at radius 2 is 0.494 bits per heavy atom. The summed E-state index contributed by atoms with van der Waals surface area (Å²) in [5.74, 6) is -0.950. The molecule has 1 unspecified atom stereocenters. The van der Waals surface area contributed by atoms with Crippen LogP contribution in [0.2, 0.25) is 0 Å². The van der Waals surface area contributed by atoms with Gasteiger partial charge in [0, 0.05) is 19.3 Å². The van der Waals surface area contributed by atoms with E-state index in [1.54, 1.807) is 0 Å². The average Bonchev–Trinajstić information content (AvgIpc) is 3.45. The first-order chi connectivity index (χ1) is 39.0. The Hall–Kier alpha value is -4.19. The van der Waals surface area contributed by atoms with Crippen LogP contribution in [0.5, 0.6) is 0 Å². The summed E-state index contributed by atoms with van der Waals surface area (Å²) in [6, 6.07) is 0. The normalized spacial score (nSPS) is 12.9. The van der Waals surface area contributed by atoms with Crippen LogP contribution in [-0.4, -0.2) is 37.2 Å². The Labute approximate surface area is 488 Å². The molecule has 0 saturated carbocycles. The molecule has 0 fully saturated rings. The van der Waals surface area contributed by atoms with E-state index >= 15 is 0 Å². The predicted octanol–water partition coefficient (Wildman–Crippen LogP) is 22.8. The first-order valence-electron chi connectivity index (χ1n) is 33.0. The van der Waals surface area contributed by atoms with Gasteiger partial charge in [-0.2, -0.15) is 0 Å². The van der Waals surface area contributed by atoms with Gasteiger partial charge in [0.05, 0.1) is 0 Å². The zero-order valence-corrected chi connectivity index (χ0v) is 51.6. The second-order valence-electron chi connectivity index (χ2n) is 21.6. The molecule has 0 N–H and O–H groups in total. The van der Waals surface area contributed by atoms with Crippen LogP contribution in [0.1, 0.15) is 303 Å². The highest BCUT2D eigenvalue weighted by atomic mass is 16.6. The molecule has 0 aromatic rings. The lowest BCUT2D eigenvalue weighted by Crippen LogP contribution is -2.30. The lowest BCUT2D eigenvalue weighted by atomic mass is 10.1. The fraction of sp³-hybridized carbons (Fsp3) is 0.685. The minimum absolute atomic E-state index is 0.0992. The summed E-state index contributed by atoms with van der Waals surface area (Å²) >= 11 is 0. The molecule has 0 aliphatic carbocycles. The summed E-state index contributed by atoms with van der Waals surface area (Å²) in [4.78, 5) is 38.4. The number of hydrogen-bond acceptors (Lipinski definition) is 6. The summed E-state index contributed by atoms with van der Waals surface area (Å²) in [5.41, 5.74) is 0. The fourth-order valence-corrected chi connectivity index (χ4v) is 8.98. The first-order valence-corrected chi connectivity index (χ1v) is 33.0. The molecule has 0 bridgehead atoms. The molecule has 1 atom stereocenters. The molecule has 79 heavy (non-hydrogen) atoms. The van der Waals surface area contributed by atoms with Crippen LogP contribution < -0.4 is 0 Å². The van der Waals surface area contributed by atoms with E-state index in [0.717, 1.165) is 109 Å². The van der Waals surface area contributed by atoms with E-state index in [1.807, 2.05) is 0 Å². The lowest BCUT2D eigenvalue weighted by molar-refractivity contribution is -0.167. The van der Waals surface area contributed by atoms with Gasteiger partial charge in [0.2, 0.25) is 0 Å². The number of allylic oxidation sites excluding steroid dienone is 20. The van der Waals surface area contributed by atoms with Crippen molar-refractivity contribution in [2.24, 2.45) is 0 Å². The van der Waals surface area contributed by atoms with Gasteiger partial charge >= 0.3 is 17.9 Å². The first kappa shape index (κ1) is 74.8. The third kappa shape index (κ3) is 64.5. The molecule has 6 nitrogen and oxygen atoms in total. The van der Waals surface area contributed by atoms with Gasteiger partial charge in [0.25, 0.3) is 0 Å². The van der Waals surface area contributed by atoms with Crippen molar-refractivity contribution in [2.45, 2.75) is 309 Å². The van der Waals surface area contributed by atoms with Crippen molar-refractivity contribution in [2.75, 3.05) is 13.2 Å². The largest absolute Gasteiger partial charge is 0.462 e. The van der Waals surface area contributed by atoms with Crippen LogP contribution in [0.4, 0.5) is 0 Å². The number of hydrogen-bond donors (Lipinski definition) is 0. The van der Waals surface area contributed by atoms with Gasteiger partial charge < -0.3 is 14.2 Å². The minimum atomic E-state index is -0.806. The minimum Gasteiger partial charge on any atom is -0.462 e. The van der Waals surface area contributed by atoms with E-state index in [0.29, 0.717) is 25.7 Å². The van der Waals surface area contributed by atoms with E-state index < -0.39 is 6.10 Å². The van der Waals surface area contributed by atoms with Gasteiger partial charge in [0.1, 0.15) is 13.2 Å². The van der Waals surface area contributed by atoms with E-state index in [1.165, 1.54) is 148 Å². The maximum absolute atomic E-state index is 12.9. The summed E-state index contributed by atoms with van der Waals surface area (Å²) in [6.45, 7) is 6.49. The molecule has 0 radical (unpaired) electrons. The molecule has 450 valence electrons. The molecule has 0 amide bonds. The van der Waals surface area contributed by atoms with Crippen LogP contribution in [0.3, 0.4) is 0 Å². The van der Waals surface area contributed by atoms with Crippen molar-refractivity contribution in [3.63, 3.8) is 0 Å². The van der Waals surface area contributed by atoms with Crippen LogP contribution in [0, 0.1) is 0 Å². The maximum atomic E-state index is 12.9. The smallest absolute Gasteiger partial charge is 0.306 e. The summed E-state index contributed by atoms with van der Waals surface area (Å²) in [7, 11) is 0. The van der Waals surface area contributed by atoms with Gasteiger partial charge in [0.15, 0.2) is 6.10 Å². The summed E-state index contributed by atoms with van der Waals surface area (Å²) in [6.07, 6.45) is 92.0. The van der Waals surface area contributed by atoms with Crippen molar-refractivity contribution in [3.8, 4) is 0 Å². The van der Waals surface area contributed by atoms with Crippen molar-refractivity contribution in [1.29, 1.82) is 0 Å². The molecule has 0 rings (SSSR count). The Kier molecular flexibility index (Phi) is 62.8. The maximum Gasteiger partial charge on any atom is 0.306 e. The Morgan fingerprint density at radius 3 is 0.810 bits per heavy atom. The fourth-order valence-electron chi connectivity index (χ4n) is 8.98. The van der Waals surface area contributed by atoms with E-state index in [-0.39, 0.29) is 31.1 Å². The summed E-state index contributed by atoms with van der Waals surface area (Å²) in [5, 5.41) is 0. The van der Waals surface area contributed by atoms with Crippen molar-refractivity contribution >= 4 is 17.9 Å². The molecule has 0 aromatic carbocycles. The number of esters is 3. The van der Waals surface area contributed by atoms with E-state index in [9.17, 15) is 14.4 Å². The molecule has 0 spiro atoms. The third-order valence-corrected chi connectivity index (χ3v) is 13.9. The molecule has 0 aromatic heterocycles. The van der Waals surface area contributed by atoms with E-state index in [2.05, 4.69) is 142 Å². The zero-order valence-electron chi connectivity index (χ0n) is 51.6. The molecule has 0 heterocycles.